The number of benzene rings is 2. The number of hydrogen-bond acceptors (Lipinski definition) is 5. The fourth-order valence-corrected chi connectivity index (χ4v) is 3.72. The van der Waals surface area contributed by atoms with Gasteiger partial charge < -0.3 is 5.32 Å². The number of hydrogen-bond donors (Lipinski definition) is 1. The highest BCUT2D eigenvalue weighted by molar-refractivity contribution is 7.99. The Bertz CT molecular complexity index is 984. The van der Waals surface area contributed by atoms with Crippen LogP contribution in [0.2, 0.25) is 0 Å². The summed E-state index contributed by atoms with van der Waals surface area (Å²) >= 11 is 1.34. The van der Waals surface area contributed by atoms with Gasteiger partial charge >= 0.3 is 0 Å². The van der Waals surface area contributed by atoms with Crippen LogP contribution >= 0.6 is 11.8 Å². The Morgan fingerprint density at radius 2 is 2.04 bits per heavy atom. The highest BCUT2D eigenvalue weighted by Crippen LogP contribution is 2.33. The number of fused-ring (bicyclic) bond motifs is 1. The fraction of sp³-hybridized carbons (Fsp3) is 0.158. The quantitative estimate of drug-likeness (QED) is 0.555. The highest BCUT2D eigenvalue weighted by atomic mass is 32.2. The van der Waals surface area contributed by atoms with Crippen molar-refractivity contribution in [1.82, 2.24) is 14.8 Å². The van der Waals surface area contributed by atoms with Crippen molar-refractivity contribution in [2.45, 2.75) is 18.0 Å². The SMILES string of the molecule is C[C@@H]1C(=O)Nc2ccc(C(=O)CSc3nncn3-c3ccccc3)cc21. The Morgan fingerprint density at radius 3 is 2.85 bits per heavy atom. The third kappa shape index (κ3) is 3.01. The van der Waals surface area contributed by atoms with Crippen molar-refractivity contribution in [3.8, 4) is 5.69 Å². The summed E-state index contributed by atoms with van der Waals surface area (Å²) in [6.07, 6.45) is 1.64. The zero-order valence-electron chi connectivity index (χ0n) is 14.0. The Labute approximate surface area is 154 Å². The molecule has 0 saturated carbocycles. The lowest BCUT2D eigenvalue weighted by Gasteiger charge is -2.07. The second kappa shape index (κ2) is 6.76. The Balaban J connectivity index is 1.49. The lowest BCUT2D eigenvalue weighted by Crippen LogP contribution is -2.08. The summed E-state index contributed by atoms with van der Waals surface area (Å²) in [6.45, 7) is 1.84. The van der Waals surface area contributed by atoms with Crippen molar-refractivity contribution in [1.29, 1.82) is 0 Å². The van der Waals surface area contributed by atoms with E-state index in [0.29, 0.717) is 10.7 Å². The summed E-state index contributed by atoms with van der Waals surface area (Å²) in [5.41, 5.74) is 3.21. The lowest BCUT2D eigenvalue weighted by atomic mass is 9.99. The molecule has 2 heterocycles. The van der Waals surface area contributed by atoms with Crippen LogP contribution in [0.4, 0.5) is 5.69 Å². The lowest BCUT2D eigenvalue weighted by molar-refractivity contribution is -0.116. The van der Waals surface area contributed by atoms with E-state index in [1.165, 1.54) is 11.8 Å². The van der Waals surface area contributed by atoms with Crippen molar-refractivity contribution in [2.24, 2.45) is 0 Å². The van der Waals surface area contributed by atoms with Gasteiger partial charge in [0.1, 0.15) is 6.33 Å². The highest BCUT2D eigenvalue weighted by Gasteiger charge is 2.27. The summed E-state index contributed by atoms with van der Waals surface area (Å²) in [7, 11) is 0. The molecule has 0 spiro atoms. The summed E-state index contributed by atoms with van der Waals surface area (Å²) in [5.74, 6) is -0.0199. The van der Waals surface area contributed by atoms with Crippen molar-refractivity contribution >= 4 is 29.1 Å². The molecule has 0 fully saturated rings. The van der Waals surface area contributed by atoms with Gasteiger partial charge in [-0.05, 0) is 42.8 Å². The van der Waals surface area contributed by atoms with Crippen molar-refractivity contribution in [3.63, 3.8) is 0 Å². The normalized spacial score (nSPS) is 15.6. The van der Waals surface area contributed by atoms with E-state index in [2.05, 4.69) is 15.5 Å². The molecule has 1 aromatic heterocycles. The van der Waals surface area contributed by atoms with Crippen LogP contribution in [0.1, 0.15) is 28.8 Å². The minimum Gasteiger partial charge on any atom is -0.325 e. The summed E-state index contributed by atoms with van der Waals surface area (Å²) in [5, 5.41) is 11.5. The van der Waals surface area contributed by atoms with Gasteiger partial charge in [0.2, 0.25) is 5.91 Å². The number of thioether (sulfide) groups is 1. The van der Waals surface area contributed by atoms with Crippen LogP contribution in [-0.2, 0) is 4.79 Å². The van der Waals surface area contributed by atoms with Crippen LogP contribution in [0.3, 0.4) is 0 Å². The molecule has 0 bridgehead atoms. The molecule has 1 atom stereocenters. The molecule has 1 N–H and O–H groups in total. The number of carbonyl (C=O) groups excluding carboxylic acids is 2. The topological polar surface area (TPSA) is 76.9 Å². The number of aromatic nitrogens is 3. The van der Waals surface area contributed by atoms with Gasteiger partial charge in [0.15, 0.2) is 10.9 Å². The van der Waals surface area contributed by atoms with Gasteiger partial charge in [-0.2, -0.15) is 0 Å². The van der Waals surface area contributed by atoms with E-state index in [9.17, 15) is 9.59 Å². The molecule has 2 aromatic carbocycles. The molecule has 0 saturated heterocycles. The molecular weight excluding hydrogens is 348 g/mol. The van der Waals surface area contributed by atoms with Crippen LogP contribution in [0.5, 0.6) is 0 Å². The van der Waals surface area contributed by atoms with E-state index in [1.807, 2.05) is 47.9 Å². The van der Waals surface area contributed by atoms with E-state index in [4.69, 9.17) is 0 Å². The molecule has 7 heteroatoms. The van der Waals surface area contributed by atoms with Crippen LogP contribution in [0.25, 0.3) is 5.69 Å². The largest absolute Gasteiger partial charge is 0.325 e. The average Bonchev–Trinajstić information content (AvgIpc) is 3.25. The minimum absolute atomic E-state index is 0.00744. The summed E-state index contributed by atoms with van der Waals surface area (Å²) < 4.78 is 1.85. The van der Waals surface area contributed by atoms with Gasteiger partial charge in [0.25, 0.3) is 0 Å². The predicted octanol–water partition coefficient (Wildman–Crippen LogP) is 3.30. The molecule has 1 aliphatic heterocycles. The first-order valence-electron chi connectivity index (χ1n) is 8.20. The molecule has 0 radical (unpaired) electrons. The molecule has 130 valence electrons. The maximum atomic E-state index is 12.6. The number of anilines is 1. The van der Waals surface area contributed by atoms with Crippen LogP contribution in [0, 0.1) is 0 Å². The first-order chi connectivity index (χ1) is 12.6. The van der Waals surface area contributed by atoms with E-state index in [0.717, 1.165) is 16.9 Å². The van der Waals surface area contributed by atoms with Gasteiger partial charge in [-0.15, -0.1) is 10.2 Å². The molecule has 1 amide bonds. The van der Waals surface area contributed by atoms with Crippen molar-refractivity contribution < 1.29 is 9.59 Å². The smallest absolute Gasteiger partial charge is 0.231 e. The fourth-order valence-electron chi connectivity index (χ4n) is 2.89. The molecule has 6 nitrogen and oxygen atoms in total. The number of para-hydroxylation sites is 1. The number of carbonyl (C=O) groups is 2. The van der Waals surface area contributed by atoms with Crippen LogP contribution < -0.4 is 5.32 Å². The number of amides is 1. The van der Waals surface area contributed by atoms with Gasteiger partial charge in [-0.1, -0.05) is 30.0 Å². The maximum absolute atomic E-state index is 12.6. The van der Waals surface area contributed by atoms with E-state index in [1.54, 1.807) is 18.5 Å². The van der Waals surface area contributed by atoms with E-state index in [-0.39, 0.29) is 23.4 Å². The molecule has 0 unspecified atom stereocenters. The Kier molecular flexibility index (Phi) is 4.30. The van der Waals surface area contributed by atoms with Gasteiger partial charge in [-0.3, -0.25) is 14.2 Å². The second-order valence-electron chi connectivity index (χ2n) is 6.04. The van der Waals surface area contributed by atoms with Crippen molar-refractivity contribution in [3.05, 3.63) is 66.0 Å². The molecule has 0 aliphatic carbocycles. The third-order valence-electron chi connectivity index (χ3n) is 4.37. The number of nitrogens with zero attached hydrogens (tertiary/aromatic N) is 3. The van der Waals surface area contributed by atoms with Gasteiger partial charge in [-0.25, -0.2) is 0 Å². The summed E-state index contributed by atoms with van der Waals surface area (Å²) in [6, 6.07) is 15.1. The zero-order chi connectivity index (χ0) is 18.1. The van der Waals surface area contributed by atoms with Crippen LogP contribution in [0.15, 0.2) is 60.0 Å². The first-order valence-corrected chi connectivity index (χ1v) is 9.18. The van der Waals surface area contributed by atoms with E-state index < -0.39 is 0 Å². The van der Waals surface area contributed by atoms with Crippen LogP contribution in [-0.4, -0.2) is 32.2 Å². The summed E-state index contributed by atoms with van der Waals surface area (Å²) in [4.78, 5) is 24.3. The number of ketones is 1. The van der Waals surface area contributed by atoms with Gasteiger partial charge in [0.05, 0.1) is 11.7 Å². The average molecular weight is 364 g/mol. The molecule has 1 aliphatic rings. The monoisotopic (exact) mass is 364 g/mol. The number of Topliss-reactive ketones (excluding diaryl/α,β-unsaturated/α-hetero) is 1. The molecular formula is C19H16N4O2S. The standard InChI is InChI=1S/C19H16N4O2S/c1-12-15-9-13(7-8-16(15)21-18(12)25)17(24)10-26-19-22-20-11-23(19)14-5-3-2-4-6-14/h2-9,11-12H,10H2,1H3,(H,21,25)/t12-/m0/s1. The Hall–Kier alpha value is -2.93. The predicted molar refractivity (Wildman–Crippen MR) is 99.9 cm³/mol. The third-order valence-corrected chi connectivity index (χ3v) is 5.32. The number of nitrogens with one attached hydrogen (secondary N) is 1. The molecule has 26 heavy (non-hydrogen) atoms. The molecule has 3 aromatic rings. The zero-order valence-corrected chi connectivity index (χ0v) is 14.9. The minimum atomic E-state index is -0.230. The first kappa shape index (κ1) is 16.5. The van der Waals surface area contributed by atoms with E-state index >= 15 is 0 Å². The second-order valence-corrected chi connectivity index (χ2v) is 6.99. The molecule has 4 rings (SSSR count). The van der Waals surface area contributed by atoms with Crippen molar-refractivity contribution in [2.75, 3.05) is 11.1 Å². The van der Waals surface area contributed by atoms with Gasteiger partial charge in [0, 0.05) is 16.9 Å². The Morgan fingerprint density at radius 1 is 1.23 bits per heavy atom. The maximum Gasteiger partial charge on any atom is 0.231 e. The number of rotatable bonds is 5.